The number of carbonyl (C=O) groups excluding carboxylic acids is 1. The van der Waals surface area contributed by atoms with Crippen LogP contribution in [0.25, 0.3) is 0 Å². The van der Waals surface area contributed by atoms with Crippen LogP contribution in [0.15, 0.2) is 24.3 Å². The van der Waals surface area contributed by atoms with Crippen molar-refractivity contribution < 1.29 is 22.7 Å². The Hall–Kier alpha value is -1.78. The molecule has 0 atom stereocenters. The molecule has 1 aromatic carbocycles. The smallest absolute Gasteiger partial charge is 0.333 e. The summed E-state index contributed by atoms with van der Waals surface area (Å²) < 4.78 is 45.4. The average molecular weight is 409 g/mol. The van der Waals surface area contributed by atoms with Gasteiger partial charge in [0.1, 0.15) is 0 Å². The highest BCUT2D eigenvalue weighted by Crippen LogP contribution is 2.44. The van der Waals surface area contributed by atoms with Crippen LogP contribution in [0.2, 0.25) is 0 Å². The van der Waals surface area contributed by atoms with Crippen molar-refractivity contribution in [1.82, 2.24) is 0 Å². The van der Waals surface area contributed by atoms with Gasteiger partial charge in [0.2, 0.25) is 0 Å². The molecule has 0 aromatic heterocycles. The average Bonchev–Trinajstić information content (AvgIpc) is 2.72. The minimum Gasteiger partial charge on any atom is -0.462 e. The molecule has 2 nitrogen and oxygen atoms in total. The SMILES string of the molecule is C=C(C)C(=O)OCCC1CCC([C@H]2CC[C@H](c3cc(F)c(F)c(F)c3)CC2)CC1. The minimum absolute atomic E-state index is 0.121. The van der Waals surface area contributed by atoms with Gasteiger partial charge in [-0.25, -0.2) is 18.0 Å². The lowest BCUT2D eigenvalue weighted by atomic mass is 9.68. The molecule has 2 saturated carbocycles. The van der Waals surface area contributed by atoms with Crippen LogP contribution in [-0.2, 0) is 9.53 Å². The first-order chi connectivity index (χ1) is 13.8. The van der Waals surface area contributed by atoms with Gasteiger partial charge < -0.3 is 4.74 Å². The van der Waals surface area contributed by atoms with Crippen LogP contribution in [0, 0.1) is 35.2 Å². The first-order valence-electron chi connectivity index (χ1n) is 10.8. The number of hydrogen-bond acceptors (Lipinski definition) is 2. The van der Waals surface area contributed by atoms with E-state index in [9.17, 15) is 18.0 Å². The summed E-state index contributed by atoms with van der Waals surface area (Å²) in [6, 6.07) is 2.32. The van der Waals surface area contributed by atoms with E-state index in [0.717, 1.165) is 44.2 Å². The van der Waals surface area contributed by atoms with Gasteiger partial charge in [-0.05, 0) is 93.2 Å². The molecular formula is C24H31F3O2. The number of halogens is 3. The van der Waals surface area contributed by atoms with Crippen molar-refractivity contribution in [2.24, 2.45) is 17.8 Å². The summed E-state index contributed by atoms with van der Waals surface area (Å²) in [6.07, 6.45) is 9.61. The number of carbonyl (C=O) groups is 1. The molecule has 2 aliphatic carbocycles. The molecule has 2 fully saturated rings. The predicted octanol–water partition coefficient (Wildman–Crippen LogP) is 6.69. The summed E-state index contributed by atoms with van der Waals surface area (Å²) >= 11 is 0. The van der Waals surface area contributed by atoms with Crippen LogP contribution >= 0.6 is 0 Å². The van der Waals surface area contributed by atoms with Gasteiger partial charge in [-0.15, -0.1) is 0 Å². The zero-order chi connectivity index (χ0) is 21.0. The first kappa shape index (κ1) is 21.9. The number of rotatable bonds is 6. The summed E-state index contributed by atoms with van der Waals surface area (Å²) in [5.74, 6) is -1.75. The largest absolute Gasteiger partial charge is 0.462 e. The van der Waals surface area contributed by atoms with Crippen molar-refractivity contribution in [2.75, 3.05) is 6.61 Å². The third kappa shape index (κ3) is 5.64. The predicted molar refractivity (Wildman–Crippen MR) is 107 cm³/mol. The molecule has 0 saturated heterocycles. The normalized spacial score (nSPS) is 27.4. The highest BCUT2D eigenvalue weighted by molar-refractivity contribution is 5.86. The molecule has 5 heteroatoms. The van der Waals surface area contributed by atoms with Crippen molar-refractivity contribution in [3.05, 3.63) is 47.3 Å². The summed E-state index contributed by atoms with van der Waals surface area (Å²) in [5, 5.41) is 0. The van der Waals surface area contributed by atoms with Crippen molar-refractivity contribution in [1.29, 1.82) is 0 Å². The molecule has 3 rings (SSSR count). The van der Waals surface area contributed by atoms with Crippen molar-refractivity contribution in [3.8, 4) is 0 Å². The lowest BCUT2D eigenvalue weighted by Gasteiger charge is -2.38. The maximum atomic E-state index is 13.5. The Balaban J connectivity index is 1.41. The van der Waals surface area contributed by atoms with Gasteiger partial charge >= 0.3 is 5.97 Å². The second-order valence-corrected chi connectivity index (χ2v) is 8.90. The van der Waals surface area contributed by atoms with E-state index >= 15 is 0 Å². The number of hydrogen-bond donors (Lipinski definition) is 0. The summed E-state index contributed by atoms with van der Waals surface area (Å²) in [7, 11) is 0. The number of esters is 1. The monoisotopic (exact) mass is 408 g/mol. The Labute approximate surface area is 171 Å². The summed E-state index contributed by atoms with van der Waals surface area (Å²) in [6.45, 7) is 5.72. The zero-order valence-electron chi connectivity index (χ0n) is 17.2. The van der Waals surface area contributed by atoms with Crippen LogP contribution < -0.4 is 0 Å². The topological polar surface area (TPSA) is 26.3 Å². The fourth-order valence-corrected chi connectivity index (χ4v) is 5.12. The van der Waals surface area contributed by atoms with Crippen LogP contribution in [-0.4, -0.2) is 12.6 Å². The van der Waals surface area contributed by atoms with E-state index in [1.807, 2.05) is 0 Å². The maximum absolute atomic E-state index is 13.5. The van der Waals surface area contributed by atoms with Gasteiger partial charge in [0.05, 0.1) is 6.61 Å². The molecule has 2 aliphatic rings. The Morgan fingerprint density at radius 3 is 2.00 bits per heavy atom. The molecule has 0 amide bonds. The Morgan fingerprint density at radius 2 is 1.48 bits per heavy atom. The minimum atomic E-state index is -1.38. The van der Waals surface area contributed by atoms with Gasteiger partial charge in [-0.2, -0.15) is 0 Å². The molecule has 1 aromatic rings. The maximum Gasteiger partial charge on any atom is 0.333 e. The Bertz CT molecular complexity index is 707. The van der Waals surface area contributed by atoms with E-state index in [1.54, 1.807) is 6.92 Å². The van der Waals surface area contributed by atoms with Gasteiger partial charge in [-0.3, -0.25) is 0 Å². The molecule has 160 valence electrons. The van der Waals surface area contributed by atoms with Crippen molar-refractivity contribution in [2.45, 2.75) is 70.6 Å². The molecule has 0 unspecified atom stereocenters. The van der Waals surface area contributed by atoms with Crippen LogP contribution in [0.5, 0.6) is 0 Å². The van der Waals surface area contributed by atoms with Crippen LogP contribution in [0.4, 0.5) is 13.2 Å². The molecule has 0 radical (unpaired) electrons. The van der Waals surface area contributed by atoms with Crippen LogP contribution in [0.1, 0.15) is 76.2 Å². The first-order valence-corrected chi connectivity index (χ1v) is 10.8. The van der Waals surface area contributed by atoms with E-state index in [-0.39, 0.29) is 11.9 Å². The lowest BCUT2D eigenvalue weighted by Crippen LogP contribution is -2.26. The number of benzene rings is 1. The van der Waals surface area contributed by atoms with E-state index in [4.69, 9.17) is 4.74 Å². The Kier molecular flexibility index (Phi) is 7.42. The highest BCUT2D eigenvalue weighted by Gasteiger charge is 2.31. The summed E-state index contributed by atoms with van der Waals surface area (Å²) in [5.41, 5.74) is 1.03. The fraction of sp³-hybridized carbons (Fsp3) is 0.625. The number of ether oxygens (including phenoxy) is 1. The van der Waals surface area contributed by atoms with Crippen molar-refractivity contribution in [3.63, 3.8) is 0 Å². The molecule has 0 aliphatic heterocycles. The van der Waals surface area contributed by atoms with E-state index < -0.39 is 17.5 Å². The third-order valence-electron chi connectivity index (χ3n) is 6.92. The van der Waals surface area contributed by atoms with Gasteiger partial charge in [0.25, 0.3) is 0 Å². The second-order valence-electron chi connectivity index (χ2n) is 8.90. The molecule has 0 spiro atoms. The van der Waals surface area contributed by atoms with Crippen LogP contribution in [0.3, 0.4) is 0 Å². The Morgan fingerprint density at radius 1 is 0.966 bits per heavy atom. The van der Waals surface area contributed by atoms with Gasteiger partial charge in [0.15, 0.2) is 17.5 Å². The molecule has 0 heterocycles. The van der Waals surface area contributed by atoms with Gasteiger partial charge in [-0.1, -0.05) is 19.4 Å². The summed E-state index contributed by atoms with van der Waals surface area (Å²) in [4.78, 5) is 11.4. The standard InChI is InChI=1S/C24H31F3O2/c1-15(2)24(28)29-12-11-16-3-5-17(6-4-16)18-7-9-19(10-8-18)20-13-21(25)23(27)22(26)14-20/h13-14,16-19H,1,3-12H2,2H3/t16?,17?,18-,19-. The van der Waals surface area contributed by atoms with Crippen molar-refractivity contribution >= 4 is 5.97 Å². The molecule has 0 N–H and O–H groups in total. The van der Waals surface area contributed by atoms with Gasteiger partial charge in [0, 0.05) is 5.57 Å². The molecule has 29 heavy (non-hydrogen) atoms. The van der Waals surface area contributed by atoms with E-state index in [2.05, 4.69) is 6.58 Å². The fourth-order valence-electron chi connectivity index (χ4n) is 5.12. The quantitative estimate of drug-likeness (QED) is 0.298. The highest BCUT2D eigenvalue weighted by atomic mass is 19.2. The zero-order valence-corrected chi connectivity index (χ0v) is 17.2. The second kappa shape index (κ2) is 9.82. The molecular weight excluding hydrogens is 377 g/mol. The van der Waals surface area contributed by atoms with E-state index in [0.29, 0.717) is 35.5 Å². The third-order valence-corrected chi connectivity index (χ3v) is 6.92. The van der Waals surface area contributed by atoms with E-state index in [1.165, 1.54) is 25.7 Å². The molecule has 0 bridgehead atoms. The lowest BCUT2D eigenvalue weighted by molar-refractivity contribution is -0.139.